The van der Waals surface area contributed by atoms with Gasteiger partial charge < -0.3 is 20.1 Å². The van der Waals surface area contributed by atoms with Gasteiger partial charge in [0.25, 0.3) is 11.8 Å². The SMILES string of the molecule is COCCNC(=O)[C@@H](C)OC(=O)CNC(=O)c1ccccc1Br. The molecule has 0 spiro atoms. The number of carbonyl (C=O) groups is 3. The van der Waals surface area contributed by atoms with Gasteiger partial charge in [-0.3, -0.25) is 14.4 Å². The molecule has 126 valence electrons. The molecule has 8 heteroatoms. The van der Waals surface area contributed by atoms with Crippen molar-refractivity contribution in [2.45, 2.75) is 13.0 Å². The van der Waals surface area contributed by atoms with Crippen LogP contribution in [-0.4, -0.2) is 50.7 Å². The first kappa shape index (κ1) is 19.1. The minimum atomic E-state index is -0.945. The second kappa shape index (κ2) is 9.96. The third-order valence-electron chi connectivity index (χ3n) is 2.79. The summed E-state index contributed by atoms with van der Waals surface area (Å²) in [6.07, 6.45) is -0.945. The second-order valence-corrected chi connectivity index (χ2v) is 5.43. The van der Waals surface area contributed by atoms with Crippen LogP contribution in [0.3, 0.4) is 0 Å². The Morgan fingerprint density at radius 1 is 1.22 bits per heavy atom. The van der Waals surface area contributed by atoms with E-state index >= 15 is 0 Å². The van der Waals surface area contributed by atoms with Crippen molar-refractivity contribution < 1.29 is 23.9 Å². The van der Waals surface area contributed by atoms with E-state index in [1.54, 1.807) is 24.3 Å². The van der Waals surface area contributed by atoms with Gasteiger partial charge in [-0.05, 0) is 35.0 Å². The number of halogens is 1. The van der Waals surface area contributed by atoms with Crippen molar-refractivity contribution in [2.24, 2.45) is 0 Å². The van der Waals surface area contributed by atoms with Crippen molar-refractivity contribution in [1.29, 1.82) is 0 Å². The minimum absolute atomic E-state index is 0.324. The first-order valence-electron chi connectivity index (χ1n) is 6.94. The molecule has 23 heavy (non-hydrogen) atoms. The maximum Gasteiger partial charge on any atom is 0.326 e. The summed E-state index contributed by atoms with van der Waals surface area (Å²) >= 11 is 3.25. The molecule has 0 aliphatic heterocycles. The van der Waals surface area contributed by atoms with Gasteiger partial charge in [0.05, 0.1) is 12.2 Å². The first-order valence-corrected chi connectivity index (χ1v) is 7.74. The largest absolute Gasteiger partial charge is 0.451 e. The van der Waals surface area contributed by atoms with Crippen molar-refractivity contribution in [2.75, 3.05) is 26.8 Å². The molecule has 0 aliphatic rings. The molecule has 0 saturated heterocycles. The Morgan fingerprint density at radius 3 is 2.57 bits per heavy atom. The Morgan fingerprint density at radius 2 is 1.91 bits per heavy atom. The number of ether oxygens (including phenoxy) is 2. The summed E-state index contributed by atoms with van der Waals surface area (Å²) in [5.41, 5.74) is 0.408. The van der Waals surface area contributed by atoms with Crippen molar-refractivity contribution in [3.8, 4) is 0 Å². The highest BCUT2D eigenvalue weighted by Gasteiger charge is 2.18. The highest BCUT2D eigenvalue weighted by Crippen LogP contribution is 2.15. The highest BCUT2D eigenvalue weighted by atomic mass is 79.9. The molecule has 1 aromatic rings. The molecular weight excluding hydrogens is 368 g/mol. The van der Waals surface area contributed by atoms with Crippen molar-refractivity contribution in [3.63, 3.8) is 0 Å². The van der Waals surface area contributed by atoms with Crippen LogP contribution in [0.4, 0.5) is 0 Å². The Kier molecular flexibility index (Phi) is 8.28. The number of esters is 1. The number of benzene rings is 1. The van der Waals surface area contributed by atoms with Crippen molar-refractivity contribution >= 4 is 33.7 Å². The van der Waals surface area contributed by atoms with Gasteiger partial charge in [-0.1, -0.05) is 12.1 Å². The van der Waals surface area contributed by atoms with E-state index in [0.29, 0.717) is 23.2 Å². The summed E-state index contributed by atoms with van der Waals surface area (Å²) in [6, 6.07) is 6.83. The maximum atomic E-state index is 11.9. The van der Waals surface area contributed by atoms with Crippen LogP contribution in [0.15, 0.2) is 28.7 Å². The van der Waals surface area contributed by atoms with Gasteiger partial charge in [0, 0.05) is 18.1 Å². The predicted molar refractivity (Wildman–Crippen MR) is 86.9 cm³/mol. The molecule has 1 rings (SSSR count). The fraction of sp³-hybridized carbons (Fsp3) is 0.400. The molecule has 0 aliphatic carbocycles. The van der Waals surface area contributed by atoms with Gasteiger partial charge in [-0.25, -0.2) is 0 Å². The summed E-state index contributed by atoms with van der Waals surface area (Å²) in [5, 5.41) is 4.99. The smallest absolute Gasteiger partial charge is 0.326 e. The van der Waals surface area contributed by atoms with E-state index in [-0.39, 0.29) is 6.54 Å². The van der Waals surface area contributed by atoms with Crippen LogP contribution in [-0.2, 0) is 19.1 Å². The normalized spacial score (nSPS) is 11.4. The van der Waals surface area contributed by atoms with E-state index in [4.69, 9.17) is 9.47 Å². The van der Waals surface area contributed by atoms with Crippen LogP contribution in [0.1, 0.15) is 17.3 Å². The van der Waals surface area contributed by atoms with E-state index in [1.165, 1.54) is 14.0 Å². The molecule has 0 aromatic heterocycles. The molecule has 0 bridgehead atoms. The lowest BCUT2D eigenvalue weighted by molar-refractivity contribution is -0.153. The molecule has 0 fully saturated rings. The van der Waals surface area contributed by atoms with Gasteiger partial charge in [0.2, 0.25) is 0 Å². The molecular formula is C15H19BrN2O5. The molecule has 2 N–H and O–H groups in total. The Labute approximate surface area is 142 Å². The average molecular weight is 387 g/mol. The molecule has 7 nitrogen and oxygen atoms in total. The topological polar surface area (TPSA) is 93.7 Å². The van der Waals surface area contributed by atoms with Gasteiger partial charge in [-0.2, -0.15) is 0 Å². The van der Waals surface area contributed by atoms with Gasteiger partial charge >= 0.3 is 5.97 Å². The van der Waals surface area contributed by atoms with E-state index in [2.05, 4.69) is 26.6 Å². The molecule has 1 atom stereocenters. The quantitative estimate of drug-likeness (QED) is 0.510. The summed E-state index contributed by atoms with van der Waals surface area (Å²) in [6.45, 7) is 1.83. The van der Waals surface area contributed by atoms with E-state index in [9.17, 15) is 14.4 Å². The number of nitrogens with one attached hydrogen (secondary N) is 2. The lowest BCUT2D eigenvalue weighted by Gasteiger charge is -2.13. The fourth-order valence-corrected chi connectivity index (χ4v) is 2.07. The number of amides is 2. The van der Waals surface area contributed by atoms with Gasteiger partial charge in [0.15, 0.2) is 6.10 Å². The van der Waals surface area contributed by atoms with Gasteiger partial charge in [-0.15, -0.1) is 0 Å². The second-order valence-electron chi connectivity index (χ2n) is 4.58. The van der Waals surface area contributed by atoms with Crippen LogP contribution < -0.4 is 10.6 Å². The highest BCUT2D eigenvalue weighted by molar-refractivity contribution is 9.10. The van der Waals surface area contributed by atoms with Crippen molar-refractivity contribution in [3.05, 3.63) is 34.3 Å². The number of hydrogen-bond donors (Lipinski definition) is 2. The summed E-state index contributed by atoms with van der Waals surface area (Å²) in [4.78, 5) is 35.2. The van der Waals surface area contributed by atoms with E-state index in [0.717, 1.165) is 0 Å². The molecule has 0 unspecified atom stereocenters. The van der Waals surface area contributed by atoms with Crippen LogP contribution >= 0.6 is 15.9 Å². The zero-order valence-electron chi connectivity index (χ0n) is 12.9. The van der Waals surface area contributed by atoms with Crippen LogP contribution in [0.2, 0.25) is 0 Å². The third-order valence-corrected chi connectivity index (χ3v) is 3.49. The summed E-state index contributed by atoms with van der Waals surface area (Å²) in [7, 11) is 1.52. The lowest BCUT2D eigenvalue weighted by Crippen LogP contribution is -2.39. The number of rotatable bonds is 8. The van der Waals surface area contributed by atoms with Crippen molar-refractivity contribution in [1.82, 2.24) is 10.6 Å². The molecule has 0 radical (unpaired) electrons. The molecule has 1 aromatic carbocycles. The predicted octanol–water partition coefficient (Wildman–Crippen LogP) is 0.873. The zero-order chi connectivity index (χ0) is 17.2. The van der Waals surface area contributed by atoms with Gasteiger partial charge in [0.1, 0.15) is 6.54 Å². The third kappa shape index (κ3) is 6.79. The monoisotopic (exact) mass is 386 g/mol. The summed E-state index contributed by atoms with van der Waals surface area (Å²) < 4.78 is 10.4. The number of hydrogen-bond acceptors (Lipinski definition) is 5. The van der Waals surface area contributed by atoms with Crippen LogP contribution in [0.5, 0.6) is 0 Å². The lowest BCUT2D eigenvalue weighted by atomic mass is 10.2. The standard InChI is InChI=1S/C15H19BrN2O5/c1-10(14(20)17-7-8-22-2)23-13(19)9-18-15(21)11-5-3-4-6-12(11)16/h3-6,10H,7-9H2,1-2H3,(H,17,20)(H,18,21)/t10-/m1/s1. The molecule has 2 amide bonds. The van der Waals surface area contributed by atoms with E-state index in [1.807, 2.05) is 0 Å². The number of methoxy groups -OCH3 is 1. The van der Waals surface area contributed by atoms with Crippen LogP contribution in [0, 0.1) is 0 Å². The van der Waals surface area contributed by atoms with E-state index < -0.39 is 23.9 Å². The minimum Gasteiger partial charge on any atom is -0.451 e. The van der Waals surface area contributed by atoms with Crippen LogP contribution in [0.25, 0.3) is 0 Å². The Bertz CT molecular complexity index is 565. The Hall–Kier alpha value is -1.93. The first-order chi connectivity index (χ1) is 11.0. The summed E-state index contributed by atoms with van der Waals surface area (Å²) in [5.74, 6) is -1.53. The average Bonchev–Trinajstić information content (AvgIpc) is 2.53. The molecule has 0 saturated carbocycles. The maximum absolute atomic E-state index is 11.9. The fourth-order valence-electron chi connectivity index (χ4n) is 1.61. The Balaban J connectivity index is 2.38. The zero-order valence-corrected chi connectivity index (χ0v) is 14.5. The molecule has 0 heterocycles. The number of carbonyl (C=O) groups excluding carboxylic acids is 3.